The summed E-state index contributed by atoms with van der Waals surface area (Å²) in [5, 5.41) is 4.07. The van der Waals surface area contributed by atoms with E-state index in [0.29, 0.717) is 59.3 Å². The van der Waals surface area contributed by atoms with Gasteiger partial charge in [-0.15, -0.1) is 0 Å². The Balaban J connectivity index is 1.47. The molecule has 11 heteroatoms. The molecular formula is C26H19Cl3N2O4S2. The second kappa shape index (κ2) is 12.2. The number of nitrogens with zero attached hydrogens (tertiary/aromatic N) is 1. The second-order valence-electron chi connectivity index (χ2n) is 7.63. The average Bonchev–Trinajstić information content (AvgIpc) is 3.11. The molecule has 3 aromatic rings. The summed E-state index contributed by atoms with van der Waals surface area (Å²) in [5.74, 6) is 0.194. The monoisotopic (exact) mass is 592 g/mol. The molecule has 6 nitrogen and oxygen atoms in total. The first-order chi connectivity index (χ1) is 17.7. The van der Waals surface area contributed by atoms with Crippen LogP contribution in [0.25, 0.3) is 6.08 Å². The minimum atomic E-state index is -0.393. The summed E-state index contributed by atoms with van der Waals surface area (Å²) < 4.78 is 11.8. The lowest BCUT2D eigenvalue weighted by molar-refractivity contribution is -0.118. The fraction of sp³-hybridized carbons (Fsp3) is 0.115. The molecule has 3 aromatic carbocycles. The molecule has 0 atom stereocenters. The van der Waals surface area contributed by atoms with Crippen LogP contribution in [0.3, 0.4) is 0 Å². The molecule has 37 heavy (non-hydrogen) atoms. The number of carbonyl (C=O) groups excluding carboxylic acids is 2. The first-order valence-corrected chi connectivity index (χ1v) is 13.3. The Kier molecular flexibility index (Phi) is 9.00. The van der Waals surface area contributed by atoms with E-state index in [1.807, 2.05) is 6.92 Å². The third kappa shape index (κ3) is 6.97. The van der Waals surface area contributed by atoms with Crippen LogP contribution in [0.2, 0.25) is 15.1 Å². The van der Waals surface area contributed by atoms with Gasteiger partial charge in [0.1, 0.15) is 0 Å². The molecule has 0 aliphatic carbocycles. The van der Waals surface area contributed by atoms with Gasteiger partial charge in [0, 0.05) is 20.8 Å². The van der Waals surface area contributed by atoms with Gasteiger partial charge < -0.3 is 14.8 Å². The van der Waals surface area contributed by atoms with Crippen LogP contribution >= 0.6 is 58.8 Å². The quantitative estimate of drug-likeness (QED) is 0.216. The zero-order chi connectivity index (χ0) is 26.5. The summed E-state index contributed by atoms with van der Waals surface area (Å²) >= 11 is 24.5. The number of thiocarbonyl (C=S) groups is 1. The number of rotatable bonds is 8. The fourth-order valence-electron chi connectivity index (χ4n) is 3.40. The van der Waals surface area contributed by atoms with Crippen LogP contribution in [0.4, 0.5) is 11.4 Å². The van der Waals surface area contributed by atoms with Gasteiger partial charge in [-0.3, -0.25) is 14.5 Å². The van der Waals surface area contributed by atoms with Crippen molar-refractivity contribution in [2.75, 3.05) is 23.4 Å². The first-order valence-electron chi connectivity index (χ1n) is 10.9. The summed E-state index contributed by atoms with van der Waals surface area (Å²) in [5.41, 5.74) is 1.82. The van der Waals surface area contributed by atoms with Crippen molar-refractivity contribution in [1.29, 1.82) is 0 Å². The van der Waals surface area contributed by atoms with E-state index in [2.05, 4.69) is 5.32 Å². The van der Waals surface area contributed by atoms with Crippen molar-refractivity contribution in [3.63, 3.8) is 0 Å². The van der Waals surface area contributed by atoms with Gasteiger partial charge in [0.25, 0.3) is 11.8 Å². The molecule has 2 amide bonds. The third-order valence-electron chi connectivity index (χ3n) is 4.95. The van der Waals surface area contributed by atoms with Gasteiger partial charge in [-0.25, -0.2) is 0 Å². The molecular weight excluding hydrogens is 575 g/mol. The molecule has 4 rings (SSSR count). The Bertz CT molecular complexity index is 1380. The van der Waals surface area contributed by atoms with E-state index >= 15 is 0 Å². The highest BCUT2D eigenvalue weighted by Gasteiger charge is 2.33. The van der Waals surface area contributed by atoms with E-state index in [0.717, 1.165) is 0 Å². The Morgan fingerprint density at radius 3 is 2.35 bits per heavy atom. The van der Waals surface area contributed by atoms with Crippen LogP contribution in [0, 0.1) is 0 Å². The lowest BCUT2D eigenvalue weighted by Crippen LogP contribution is -2.27. The van der Waals surface area contributed by atoms with E-state index in [-0.39, 0.29) is 12.5 Å². The van der Waals surface area contributed by atoms with Crippen molar-refractivity contribution in [3.8, 4) is 11.5 Å². The maximum atomic E-state index is 13.1. The van der Waals surface area contributed by atoms with Crippen molar-refractivity contribution in [3.05, 3.63) is 86.2 Å². The molecule has 0 radical (unpaired) electrons. The van der Waals surface area contributed by atoms with Crippen molar-refractivity contribution in [2.45, 2.75) is 6.92 Å². The first kappa shape index (κ1) is 27.3. The number of thioether (sulfide) groups is 1. The SMILES string of the molecule is CCOc1cc(/C=C2\SC(=S)N(c3ccc(Cl)cc3)C2=O)ccc1OCC(=O)Nc1cc(Cl)cc(Cl)c1. The lowest BCUT2D eigenvalue weighted by Gasteiger charge is -2.14. The van der Waals surface area contributed by atoms with Crippen LogP contribution in [-0.2, 0) is 9.59 Å². The summed E-state index contributed by atoms with van der Waals surface area (Å²) in [7, 11) is 0. The maximum Gasteiger partial charge on any atom is 0.270 e. The summed E-state index contributed by atoms with van der Waals surface area (Å²) in [4.78, 5) is 27.4. The molecule has 1 N–H and O–H groups in total. The topological polar surface area (TPSA) is 67.9 Å². The predicted octanol–water partition coefficient (Wildman–Crippen LogP) is 7.47. The highest BCUT2D eigenvalue weighted by atomic mass is 35.5. The Labute approximate surface area is 238 Å². The Morgan fingerprint density at radius 1 is 0.973 bits per heavy atom. The van der Waals surface area contributed by atoms with Gasteiger partial charge in [-0.1, -0.05) is 64.8 Å². The van der Waals surface area contributed by atoms with Crippen molar-refractivity contribution < 1.29 is 19.1 Å². The van der Waals surface area contributed by atoms with Crippen molar-refractivity contribution in [1.82, 2.24) is 0 Å². The number of hydrogen-bond acceptors (Lipinski definition) is 6. The van der Waals surface area contributed by atoms with E-state index in [4.69, 9.17) is 56.5 Å². The molecule has 1 saturated heterocycles. The van der Waals surface area contributed by atoms with Gasteiger partial charge in [0.05, 0.1) is 17.2 Å². The van der Waals surface area contributed by atoms with Gasteiger partial charge in [-0.05, 0) is 73.2 Å². The van der Waals surface area contributed by atoms with Gasteiger partial charge in [-0.2, -0.15) is 0 Å². The van der Waals surface area contributed by atoms with Crippen LogP contribution in [0.15, 0.2) is 65.6 Å². The van der Waals surface area contributed by atoms with Crippen molar-refractivity contribution >= 4 is 92.4 Å². The number of ether oxygens (including phenoxy) is 2. The fourth-order valence-corrected chi connectivity index (χ4v) is 5.35. The summed E-state index contributed by atoms with van der Waals surface area (Å²) in [6.45, 7) is 1.96. The number of anilines is 2. The second-order valence-corrected chi connectivity index (χ2v) is 10.6. The number of halogens is 3. The highest BCUT2D eigenvalue weighted by molar-refractivity contribution is 8.27. The molecule has 1 heterocycles. The van der Waals surface area contributed by atoms with Gasteiger partial charge >= 0.3 is 0 Å². The van der Waals surface area contributed by atoms with Crippen LogP contribution in [0.5, 0.6) is 11.5 Å². The highest BCUT2D eigenvalue weighted by Crippen LogP contribution is 2.37. The molecule has 1 aliphatic rings. The standard InChI is InChI=1S/C26H19Cl3N2O4S2/c1-2-34-22-9-15(10-23-25(33)31(26(36)37-23)20-6-4-16(27)5-7-20)3-8-21(22)35-14-24(32)30-19-12-17(28)11-18(29)13-19/h3-13H,2,14H2,1H3,(H,30,32)/b23-10-. The van der Waals surface area contributed by atoms with Crippen LogP contribution in [-0.4, -0.2) is 29.3 Å². The Morgan fingerprint density at radius 2 is 1.68 bits per heavy atom. The normalized spacial score (nSPS) is 14.3. The van der Waals surface area contributed by atoms with Gasteiger partial charge in [0.2, 0.25) is 0 Å². The molecule has 1 aliphatic heterocycles. The minimum Gasteiger partial charge on any atom is -0.490 e. The number of benzene rings is 3. The predicted molar refractivity (Wildman–Crippen MR) is 155 cm³/mol. The van der Waals surface area contributed by atoms with E-state index in [9.17, 15) is 9.59 Å². The van der Waals surface area contributed by atoms with E-state index in [1.165, 1.54) is 16.7 Å². The lowest BCUT2D eigenvalue weighted by atomic mass is 10.1. The molecule has 0 aromatic heterocycles. The minimum absolute atomic E-state index is 0.228. The third-order valence-corrected chi connectivity index (χ3v) is 6.94. The Hall–Kier alpha value is -2.75. The molecule has 1 fully saturated rings. The van der Waals surface area contributed by atoms with Crippen LogP contribution < -0.4 is 19.7 Å². The maximum absolute atomic E-state index is 13.1. The summed E-state index contributed by atoms with van der Waals surface area (Å²) in [6.07, 6.45) is 1.73. The largest absolute Gasteiger partial charge is 0.490 e. The van der Waals surface area contributed by atoms with Gasteiger partial charge in [0.15, 0.2) is 22.4 Å². The number of amides is 2. The summed E-state index contributed by atoms with van der Waals surface area (Å²) in [6, 6.07) is 16.8. The molecule has 190 valence electrons. The van der Waals surface area contributed by atoms with Crippen molar-refractivity contribution in [2.24, 2.45) is 0 Å². The number of carbonyl (C=O) groups is 2. The molecule has 0 saturated carbocycles. The number of nitrogens with one attached hydrogen (secondary N) is 1. The average molecular weight is 594 g/mol. The molecule has 0 unspecified atom stereocenters. The number of hydrogen-bond donors (Lipinski definition) is 1. The smallest absolute Gasteiger partial charge is 0.270 e. The zero-order valence-electron chi connectivity index (χ0n) is 19.3. The zero-order valence-corrected chi connectivity index (χ0v) is 23.2. The molecule has 0 spiro atoms. The van der Waals surface area contributed by atoms with E-state index in [1.54, 1.807) is 66.7 Å². The van der Waals surface area contributed by atoms with Crippen LogP contribution in [0.1, 0.15) is 12.5 Å². The van der Waals surface area contributed by atoms with E-state index < -0.39 is 5.91 Å². The molecule has 0 bridgehead atoms.